The Morgan fingerprint density at radius 1 is 1.62 bits per heavy atom. The average Bonchev–Trinajstić information content (AvgIpc) is 2.46. The lowest BCUT2D eigenvalue weighted by atomic mass is 9.85. The molecule has 5 nitrogen and oxygen atoms in total. The zero-order valence-electron chi connectivity index (χ0n) is 9.54. The highest BCUT2D eigenvalue weighted by atomic mass is 16.5. The Kier molecular flexibility index (Phi) is 2.71. The number of imidazole rings is 1. The molecule has 0 atom stereocenters. The number of nitrogens with zero attached hydrogens (tertiary/aromatic N) is 1. The molecule has 0 spiro atoms. The standard InChI is InChI=1S/C11H16N2O3/c1-3-4-8-7(2)12-9(13-8)11(10(14)15)5-16-6-11/h3-6H2,1-2H3,(H,12,13)(H,14,15). The lowest BCUT2D eigenvalue weighted by Crippen LogP contribution is -2.53. The molecule has 0 aromatic carbocycles. The van der Waals surface area contributed by atoms with Crippen LogP contribution in [-0.4, -0.2) is 34.3 Å². The second kappa shape index (κ2) is 3.90. The summed E-state index contributed by atoms with van der Waals surface area (Å²) in [4.78, 5) is 18.7. The van der Waals surface area contributed by atoms with Crippen molar-refractivity contribution in [3.8, 4) is 0 Å². The van der Waals surface area contributed by atoms with E-state index in [0.29, 0.717) is 5.82 Å². The minimum Gasteiger partial charge on any atom is -0.480 e. The first-order chi connectivity index (χ1) is 7.60. The zero-order valence-corrected chi connectivity index (χ0v) is 9.54. The van der Waals surface area contributed by atoms with Gasteiger partial charge in [-0.3, -0.25) is 4.79 Å². The molecule has 1 aromatic rings. The third-order valence-electron chi connectivity index (χ3n) is 3.03. The van der Waals surface area contributed by atoms with E-state index in [-0.39, 0.29) is 13.2 Å². The molecule has 0 bridgehead atoms. The number of aryl methyl sites for hydroxylation is 2. The number of rotatable bonds is 4. The minimum atomic E-state index is -0.948. The Morgan fingerprint density at radius 3 is 2.75 bits per heavy atom. The number of carboxylic acids is 1. The molecular formula is C11H16N2O3. The maximum atomic E-state index is 11.2. The van der Waals surface area contributed by atoms with Crippen molar-refractivity contribution in [2.75, 3.05) is 13.2 Å². The monoisotopic (exact) mass is 224 g/mol. The van der Waals surface area contributed by atoms with E-state index in [9.17, 15) is 9.90 Å². The summed E-state index contributed by atoms with van der Waals surface area (Å²) in [5, 5.41) is 9.23. The highest BCUT2D eigenvalue weighted by Crippen LogP contribution is 2.31. The Hall–Kier alpha value is -1.36. The molecule has 0 radical (unpaired) electrons. The fourth-order valence-electron chi connectivity index (χ4n) is 1.87. The van der Waals surface area contributed by atoms with Crippen molar-refractivity contribution in [2.24, 2.45) is 0 Å². The van der Waals surface area contributed by atoms with Crippen molar-refractivity contribution in [2.45, 2.75) is 32.1 Å². The van der Waals surface area contributed by atoms with Crippen LogP contribution in [-0.2, 0) is 21.4 Å². The van der Waals surface area contributed by atoms with E-state index < -0.39 is 11.4 Å². The SMILES string of the molecule is CCCc1nc(C2(C(=O)O)COC2)[nH]c1C. The second-order valence-corrected chi connectivity index (χ2v) is 4.29. The third kappa shape index (κ3) is 1.51. The molecule has 88 valence electrons. The molecule has 0 unspecified atom stereocenters. The summed E-state index contributed by atoms with van der Waals surface area (Å²) >= 11 is 0. The number of ether oxygens (including phenoxy) is 1. The molecule has 1 saturated heterocycles. The van der Waals surface area contributed by atoms with Crippen LogP contribution in [0.3, 0.4) is 0 Å². The van der Waals surface area contributed by atoms with Crippen LogP contribution in [0.25, 0.3) is 0 Å². The predicted octanol–water partition coefficient (Wildman–Crippen LogP) is 1.02. The van der Waals surface area contributed by atoms with Crippen LogP contribution in [0.5, 0.6) is 0 Å². The zero-order chi connectivity index (χ0) is 11.8. The van der Waals surface area contributed by atoms with Gasteiger partial charge < -0.3 is 14.8 Å². The molecule has 0 amide bonds. The van der Waals surface area contributed by atoms with E-state index in [4.69, 9.17) is 4.74 Å². The largest absolute Gasteiger partial charge is 0.480 e. The summed E-state index contributed by atoms with van der Waals surface area (Å²) in [6.45, 7) is 4.42. The van der Waals surface area contributed by atoms with Gasteiger partial charge in [-0.1, -0.05) is 13.3 Å². The van der Waals surface area contributed by atoms with Crippen LogP contribution in [0.1, 0.15) is 30.6 Å². The Balaban J connectivity index is 2.33. The molecule has 1 aliphatic rings. The van der Waals surface area contributed by atoms with Crippen molar-refractivity contribution in [1.82, 2.24) is 9.97 Å². The van der Waals surface area contributed by atoms with E-state index in [0.717, 1.165) is 24.2 Å². The molecule has 5 heteroatoms. The quantitative estimate of drug-likeness (QED) is 0.800. The number of hydrogen-bond donors (Lipinski definition) is 2. The topological polar surface area (TPSA) is 75.2 Å². The molecule has 0 aliphatic carbocycles. The van der Waals surface area contributed by atoms with E-state index in [1.54, 1.807) is 0 Å². The van der Waals surface area contributed by atoms with Gasteiger partial charge in [0, 0.05) is 5.69 Å². The van der Waals surface area contributed by atoms with Crippen LogP contribution < -0.4 is 0 Å². The maximum Gasteiger partial charge on any atom is 0.322 e. The second-order valence-electron chi connectivity index (χ2n) is 4.29. The van der Waals surface area contributed by atoms with Gasteiger partial charge in [0.2, 0.25) is 0 Å². The highest BCUT2D eigenvalue weighted by Gasteiger charge is 2.50. The lowest BCUT2D eigenvalue weighted by molar-refractivity contribution is -0.163. The number of nitrogens with one attached hydrogen (secondary N) is 1. The Labute approximate surface area is 93.8 Å². The van der Waals surface area contributed by atoms with Gasteiger partial charge in [-0.25, -0.2) is 4.98 Å². The minimum absolute atomic E-state index is 0.209. The summed E-state index contributed by atoms with van der Waals surface area (Å²) in [6.07, 6.45) is 1.88. The molecule has 16 heavy (non-hydrogen) atoms. The average molecular weight is 224 g/mol. The Bertz CT molecular complexity index is 407. The first kappa shape index (κ1) is 11.1. The van der Waals surface area contributed by atoms with E-state index in [1.807, 2.05) is 6.92 Å². The maximum absolute atomic E-state index is 11.2. The summed E-state index contributed by atoms with van der Waals surface area (Å²) in [6, 6.07) is 0. The lowest BCUT2D eigenvalue weighted by Gasteiger charge is -2.35. The number of H-pyrrole nitrogens is 1. The van der Waals surface area contributed by atoms with Crippen LogP contribution in [0, 0.1) is 6.92 Å². The van der Waals surface area contributed by atoms with Gasteiger partial charge in [0.1, 0.15) is 5.82 Å². The highest BCUT2D eigenvalue weighted by molar-refractivity contribution is 5.81. The fraction of sp³-hybridized carbons (Fsp3) is 0.636. The van der Waals surface area contributed by atoms with Crippen molar-refractivity contribution in [1.29, 1.82) is 0 Å². The fourth-order valence-corrected chi connectivity index (χ4v) is 1.87. The predicted molar refractivity (Wildman–Crippen MR) is 57.5 cm³/mol. The summed E-state index contributed by atoms with van der Waals surface area (Å²) in [5.41, 5.74) is 0.978. The van der Waals surface area contributed by atoms with Crippen molar-refractivity contribution < 1.29 is 14.6 Å². The van der Waals surface area contributed by atoms with Crippen molar-refractivity contribution in [3.05, 3.63) is 17.2 Å². The van der Waals surface area contributed by atoms with E-state index in [1.165, 1.54) is 0 Å². The number of aromatic amines is 1. The summed E-state index contributed by atoms with van der Waals surface area (Å²) in [5.74, 6) is -0.331. The first-order valence-electron chi connectivity index (χ1n) is 5.47. The van der Waals surface area contributed by atoms with Crippen LogP contribution in [0.15, 0.2) is 0 Å². The van der Waals surface area contributed by atoms with E-state index >= 15 is 0 Å². The molecular weight excluding hydrogens is 208 g/mol. The Morgan fingerprint density at radius 2 is 2.31 bits per heavy atom. The third-order valence-corrected chi connectivity index (χ3v) is 3.03. The van der Waals surface area contributed by atoms with E-state index in [2.05, 4.69) is 16.9 Å². The number of carboxylic acid groups (broad SMARTS) is 1. The smallest absolute Gasteiger partial charge is 0.322 e. The van der Waals surface area contributed by atoms with Gasteiger partial charge in [-0.15, -0.1) is 0 Å². The van der Waals surface area contributed by atoms with Gasteiger partial charge in [-0.05, 0) is 13.3 Å². The molecule has 2 N–H and O–H groups in total. The van der Waals surface area contributed by atoms with Gasteiger partial charge >= 0.3 is 5.97 Å². The normalized spacial score (nSPS) is 18.1. The molecule has 1 aliphatic heterocycles. The number of hydrogen-bond acceptors (Lipinski definition) is 3. The summed E-state index contributed by atoms with van der Waals surface area (Å²) in [7, 11) is 0. The van der Waals surface area contributed by atoms with Crippen LogP contribution in [0.2, 0.25) is 0 Å². The van der Waals surface area contributed by atoms with Gasteiger partial charge in [0.25, 0.3) is 0 Å². The van der Waals surface area contributed by atoms with Gasteiger partial charge in [-0.2, -0.15) is 0 Å². The number of aromatic nitrogens is 2. The van der Waals surface area contributed by atoms with Crippen molar-refractivity contribution >= 4 is 5.97 Å². The first-order valence-corrected chi connectivity index (χ1v) is 5.47. The molecule has 1 fully saturated rings. The number of aliphatic carboxylic acids is 1. The van der Waals surface area contributed by atoms with Crippen LogP contribution in [0.4, 0.5) is 0 Å². The van der Waals surface area contributed by atoms with Gasteiger partial charge in [0.15, 0.2) is 5.41 Å². The number of carbonyl (C=O) groups is 1. The van der Waals surface area contributed by atoms with Crippen LogP contribution >= 0.6 is 0 Å². The summed E-state index contributed by atoms with van der Waals surface area (Å²) < 4.78 is 5.02. The van der Waals surface area contributed by atoms with Gasteiger partial charge in [0.05, 0.1) is 18.9 Å². The molecule has 1 aromatic heterocycles. The molecule has 2 rings (SSSR count). The molecule has 2 heterocycles. The molecule has 0 saturated carbocycles. The van der Waals surface area contributed by atoms with Crippen molar-refractivity contribution in [3.63, 3.8) is 0 Å².